The van der Waals surface area contributed by atoms with E-state index in [-0.39, 0.29) is 0 Å². The molecule has 2 aromatic rings. The number of halogens is 1. The molecular weight excluding hydrogens is 346 g/mol. The van der Waals surface area contributed by atoms with Crippen molar-refractivity contribution in [2.24, 2.45) is 4.99 Å². The van der Waals surface area contributed by atoms with Crippen LogP contribution in [0.1, 0.15) is 24.6 Å². The molecule has 0 fully saturated rings. The van der Waals surface area contributed by atoms with E-state index in [0.29, 0.717) is 0 Å². The molecule has 0 atom stereocenters. The van der Waals surface area contributed by atoms with Crippen LogP contribution in [0.25, 0.3) is 10.1 Å². The van der Waals surface area contributed by atoms with Crippen molar-refractivity contribution in [3.05, 3.63) is 34.2 Å². The summed E-state index contributed by atoms with van der Waals surface area (Å²) in [5.41, 5.74) is 0. The SMILES string of the molecule is CCCC=NCCSNCCNCc1cc2c(Cl)cccc2s1. The fourth-order valence-corrected chi connectivity index (χ4v) is 4.00. The lowest BCUT2D eigenvalue weighted by atomic mass is 10.2. The lowest BCUT2D eigenvalue weighted by molar-refractivity contribution is 0.688. The molecule has 0 bridgehead atoms. The highest BCUT2D eigenvalue weighted by molar-refractivity contribution is 7.97. The molecule has 6 heteroatoms. The number of unbranched alkanes of at least 4 members (excludes halogenated alkanes) is 1. The van der Waals surface area contributed by atoms with Crippen LogP contribution >= 0.6 is 34.9 Å². The number of rotatable bonds is 11. The standard InChI is InChI=1S/C17H24ClN3S2/c1-2-3-7-19-10-11-22-21-9-8-20-13-14-12-15-16(18)5-4-6-17(15)23-14/h4-7,12,20-21H,2-3,8-11,13H2,1H3. The third-order valence-electron chi connectivity index (χ3n) is 3.23. The molecule has 1 heterocycles. The average molecular weight is 370 g/mol. The first-order chi connectivity index (χ1) is 11.3. The summed E-state index contributed by atoms with van der Waals surface area (Å²) < 4.78 is 4.62. The minimum Gasteiger partial charge on any atom is -0.311 e. The number of nitrogens with one attached hydrogen (secondary N) is 2. The van der Waals surface area contributed by atoms with Gasteiger partial charge in [0, 0.05) is 51.9 Å². The van der Waals surface area contributed by atoms with Crippen LogP contribution in [0, 0.1) is 0 Å². The first kappa shape index (κ1) is 18.7. The Morgan fingerprint density at radius 1 is 1.35 bits per heavy atom. The van der Waals surface area contributed by atoms with Crippen molar-refractivity contribution in [2.75, 3.05) is 25.4 Å². The molecule has 1 aromatic carbocycles. The van der Waals surface area contributed by atoms with Gasteiger partial charge in [-0.15, -0.1) is 11.3 Å². The zero-order valence-electron chi connectivity index (χ0n) is 13.5. The fourth-order valence-electron chi connectivity index (χ4n) is 2.07. The Hall–Kier alpha value is -0.590. The number of benzene rings is 1. The summed E-state index contributed by atoms with van der Waals surface area (Å²) in [6.07, 6.45) is 4.29. The van der Waals surface area contributed by atoms with Crippen LogP contribution in [0.4, 0.5) is 0 Å². The van der Waals surface area contributed by atoms with Gasteiger partial charge in [-0.3, -0.25) is 9.71 Å². The van der Waals surface area contributed by atoms with E-state index >= 15 is 0 Å². The van der Waals surface area contributed by atoms with Crippen molar-refractivity contribution in [2.45, 2.75) is 26.3 Å². The Morgan fingerprint density at radius 2 is 2.26 bits per heavy atom. The van der Waals surface area contributed by atoms with E-state index < -0.39 is 0 Å². The first-order valence-corrected chi connectivity index (χ1v) is 10.2. The topological polar surface area (TPSA) is 36.4 Å². The minimum absolute atomic E-state index is 0.838. The molecule has 2 N–H and O–H groups in total. The van der Waals surface area contributed by atoms with Gasteiger partial charge in [0.05, 0.1) is 0 Å². The lowest BCUT2D eigenvalue weighted by Gasteiger charge is -2.04. The van der Waals surface area contributed by atoms with E-state index in [1.807, 2.05) is 18.3 Å². The van der Waals surface area contributed by atoms with Gasteiger partial charge in [-0.05, 0) is 30.8 Å². The highest BCUT2D eigenvalue weighted by Gasteiger charge is 2.04. The predicted octanol–water partition coefficient (Wildman–Crippen LogP) is 4.75. The molecule has 23 heavy (non-hydrogen) atoms. The predicted molar refractivity (Wildman–Crippen MR) is 107 cm³/mol. The third-order valence-corrected chi connectivity index (χ3v) is 5.46. The second-order valence-corrected chi connectivity index (χ2v) is 7.72. The van der Waals surface area contributed by atoms with Gasteiger partial charge in [0.25, 0.3) is 0 Å². The van der Waals surface area contributed by atoms with E-state index in [1.165, 1.54) is 16.0 Å². The van der Waals surface area contributed by atoms with Gasteiger partial charge in [-0.25, -0.2) is 0 Å². The zero-order chi connectivity index (χ0) is 16.3. The molecule has 0 unspecified atom stereocenters. The van der Waals surface area contributed by atoms with Crippen molar-refractivity contribution >= 4 is 51.2 Å². The maximum atomic E-state index is 6.21. The summed E-state index contributed by atoms with van der Waals surface area (Å²) in [6.45, 7) is 5.86. The largest absolute Gasteiger partial charge is 0.311 e. The molecular formula is C17H24ClN3S2. The summed E-state index contributed by atoms with van der Waals surface area (Å²) >= 11 is 9.76. The Bertz CT molecular complexity index is 613. The van der Waals surface area contributed by atoms with Crippen LogP contribution in [0.15, 0.2) is 29.3 Å². The van der Waals surface area contributed by atoms with Crippen molar-refractivity contribution in [1.82, 2.24) is 10.0 Å². The molecule has 0 saturated carbocycles. The van der Waals surface area contributed by atoms with E-state index in [0.717, 1.165) is 48.8 Å². The molecule has 0 aliphatic heterocycles. The van der Waals surface area contributed by atoms with Crippen LogP contribution in [0.5, 0.6) is 0 Å². The highest BCUT2D eigenvalue weighted by atomic mass is 35.5. The number of thiophene rings is 1. The smallest absolute Gasteiger partial charge is 0.0492 e. The number of aliphatic imine (C=N–C) groups is 1. The molecule has 0 aliphatic rings. The van der Waals surface area contributed by atoms with E-state index in [9.17, 15) is 0 Å². The van der Waals surface area contributed by atoms with Crippen molar-refractivity contribution < 1.29 is 0 Å². The minimum atomic E-state index is 0.838. The van der Waals surface area contributed by atoms with Crippen molar-refractivity contribution in [3.8, 4) is 0 Å². The summed E-state index contributed by atoms with van der Waals surface area (Å²) in [5, 5.41) is 5.46. The number of hydrogen-bond acceptors (Lipinski definition) is 5. The Morgan fingerprint density at radius 3 is 3.09 bits per heavy atom. The van der Waals surface area contributed by atoms with Gasteiger partial charge in [-0.2, -0.15) is 0 Å². The number of hydrogen-bond donors (Lipinski definition) is 2. The van der Waals surface area contributed by atoms with E-state index in [4.69, 9.17) is 11.6 Å². The van der Waals surface area contributed by atoms with Crippen LogP contribution in [-0.2, 0) is 6.54 Å². The van der Waals surface area contributed by atoms with Crippen LogP contribution in [0.2, 0.25) is 5.02 Å². The molecule has 0 spiro atoms. The molecule has 2 rings (SSSR count). The maximum Gasteiger partial charge on any atom is 0.0492 e. The number of fused-ring (bicyclic) bond motifs is 1. The van der Waals surface area contributed by atoms with Crippen LogP contribution < -0.4 is 10.0 Å². The summed E-state index contributed by atoms with van der Waals surface area (Å²) in [5.74, 6) is 1.02. The van der Waals surface area contributed by atoms with Crippen LogP contribution in [0.3, 0.4) is 0 Å². The zero-order valence-corrected chi connectivity index (χ0v) is 15.9. The van der Waals surface area contributed by atoms with Crippen molar-refractivity contribution in [3.63, 3.8) is 0 Å². The fraction of sp³-hybridized carbons (Fsp3) is 0.471. The monoisotopic (exact) mass is 369 g/mol. The highest BCUT2D eigenvalue weighted by Crippen LogP contribution is 2.30. The van der Waals surface area contributed by atoms with Gasteiger partial charge in [0.2, 0.25) is 0 Å². The summed E-state index contributed by atoms with van der Waals surface area (Å²) in [6, 6.07) is 8.26. The second kappa shape index (κ2) is 11.0. The van der Waals surface area contributed by atoms with Gasteiger partial charge in [0.15, 0.2) is 0 Å². The Labute approximate surface area is 152 Å². The molecule has 1 aromatic heterocycles. The average Bonchev–Trinajstić information content (AvgIpc) is 2.97. The third kappa shape index (κ3) is 6.81. The van der Waals surface area contributed by atoms with E-state index in [1.54, 1.807) is 23.3 Å². The normalized spacial score (nSPS) is 11.7. The summed E-state index contributed by atoms with van der Waals surface area (Å²) in [7, 11) is 0. The molecule has 0 saturated heterocycles. The van der Waals surface area contributed by atoms with Gasteiger partial charge in [0.1, 0.15) is 0 Å². The van der Waals surface area contributed by atoms with Crippen molar-refractivity contribution in [1.29, 1.82) is 0 Å². The molecule has 0 aliphatic carbocycles. The maximum absolute atomic E-state index is 6.21. The van der Waals surface area contributed by atoms with Gasteiger partial charge >= 0.3 is 0 Å². The molecule has 126 valence electrons. The summed E-state index contributed by atoms with van der Waals surface area (Å²) in [4.78, 5) is 5.68. The molecule has 0 amide bonds. The second-order valence-electron chi connectivity index (χ2n) is 5.16. The van der Waals surface area contributed by atoms with Gasteiger partial charge < -0.3 is 5.32 Å². The Kier molecular flexibility index (Phi) is 9.01. The van der Waals surface area contributed by atoms with Crippen LogP contribution in [-0.4, -0.2) is 31.6 Å². The van der Waals surface area contributed by atoms with E-state index in [2.05, 4.69) is 34.1 Å². The molecule has 0 radical (unpaired) electrons. The number of nitrogens with zero attached hydrogens (tertiary/aromatic N) is 1. The molecule has 3 nitrogen and oxygen atoms in total. The first-order valence-electron chi connectivity index (χ1n) is 8.02. The lowest BCUT2D eigenvalue weighted by Crippen LogP contribution is -2.23. The van der Waals surface area contributed by atoms with Gasteiger partial charge in [-0.1, -0.05) is 43.0 Å². The quantitative estimate of drug-likeness (QED) is 0.341. The Balaban J connectivity index is 1.54.